The Labute approximate surface area is 63.8 Å². The van der Waals surface area contributed by atoms with Crippen molar-refractivity contribution in [2.45, 2.75) is 26.3 Å². The molecule has 0 aliphatic carbocycles. The summed E-state index contributed by atoms with van der Waals surface area (Å²) in [5, 5.41) is 8.86. The second-order valence-corrected chi connectivity index (χ2v) is 3.10. The summed E-state index contributed by atoms with van der Waals surface area (Å²) < 4.78 is 0. The normalized spacial score (nSPS) is 17.4. The van der Waals surface area contributed by atoms with Gasteiger partial charge in [0.1, 0.15) is 0 Å². The van der Waals surface area contributed by atoms with Crippen LogP contribution in [0.25, 0.3) is 0 Å². The number of hydrogen-bond donors (Lipinski definition) is 1. The Morgan fingerprint density at radius 3 is 2.00 bits per heavy atom. The van der Waals surface area contributed by atoms with Gasteiger partial charge in [0, 0.05) is 12.6 Å². The van der Waals surface area contributed by atoms with Crippen molar-refractivity contribution in [2.75, 3.05) is 20.7 Å². The van der Waals surface area contributed by atoms with E-state index in [0.717, 1.165) is 6.42 Å². The summed E-state index contributed by atoms with van der Waals surface area (Å²) in [6, 6.07) is 0.519. The van der Waals surface area contributed by atoms with E-state index in [4.69, 9.17) is 5.11 Å². The van der Waals surface area contributed by atoms with Crippen LogP contribution in [0.4, 0.5) is 0 Å². The maximum Gasteiger partial charge on any atom is 0.0471 e. The average molecular weight is 145 g/mol. The third kappa shape index (κ3) is 2.67. The maximum absolute atomic E-state index is 8.86. The summed E-state index contributed by atoms with van der Waals surface area (Å²) in [5.41, 5.74) is 0. The zero-order valence-electron chi connectivity index (χ0n) is 7.46. The predicted molar refractivity (Wildman–Crippen MR) is 44.0 cm³/mol. The highest BCUT2D eigenvalue weighted by Gasteiger charge is 2.15. The van der Waals surface area contributed by atoms with E-state index < -0.39 is 0 Å². The van der Waals surface area contributed by atoms with Gasteiger partial charge in [0.2, 0.25) is 0 Å². The SMILES string of the molecule is CCC(C(C)CO)N(C)C. The third-order valence-corrected chi connectivity index (χ3v) is 2.03. The van der Waals surface area contributed by atoms with Crippen molar-refractivity contribution in [1.29, 1.82) is 0 Å². The highest BCUT2D eigenvalue weighted by atomic mass is 16.3. The molecule has 0 aromatic carbocycles. The molecule has 0 aromatic rings. The number of nitrogens with zero attached hydrogens (tertiary/aromatic N) is 1. The lowest BCUT2D eigenvalue weighted by molar-refractivity contribution is 0.142. The van der Waals surface area contributed by atoms with E-state index >= 15 is 0 Å². The van der Waals surface area contributed by atoms with Crippen LogP contribution in [0.5, 0.6) is 0 Å². The largest absolute Gasteiger partial charge is 0.396 e. The molecule has 0 amide bonds. The first-order valence-electron chi connectivity index (χ1n) is 3.90. The van der Waals surface area contributed by atoms with Crippen molar-refractivity contribution in [3.8, 4) is 0 Å². The molecule has 0 aliphatic heterocycles. The monoisotopic (exact) mass is 145 g/mol. The molecule has 0 aromatic heterocycles. The Balaban J connectivity index is 3.80. The maximum atomic E-state index is 8.86. The molecule has 0 saturated carbocycles. The van der Waals surface area contributed by atoms with Crippen molar-refractivity contribution in [3.05, 3.63) is 0 Å². The van der Waals surface area contributed by atoms with Crippen LogP contribution >= 0.6 is 0 Å². The molecule has 62 valence electrons. The zero-order chi connectivity index (χ0) is 8.15. The van der Waals surface area contributed by atoms with Crippen molar-refractivity contribution in [3.63, 3.8) is 0 Å². The van der Waals surface area contributed by atoms with Gasteiger partial charge in [-0.25, -0.2) is 0 Å². The fourth-order valence-corrected chi connectivity index (χ4v) is 1.40. The van der Waals surface area contributed by atoms with Crippen molar-refractivity contribution in [1.82, 2.24) is 4.90 Å². The molecule has 10 heavy (non-hydrogen) atoms. The molecule has 0 aliphatic rings. The standard InChI is InChI=1S/C8H19NO/c1-5-8(9(3)4)7(2)6-10/h7-8,10H,5-6H2,1-4H3. The average Bonchev–Trinajstić information content (AvgIpc) is 1.88. The molecule has 1 N–H and O–H groups in total. The highest BCUT2D eigenvalue weighted by Crippen LogP contribution is 2.10. The molecule has 0 rings (SSSR count). The first-order chi connectivity index (χ1) is 4.63. The van der Waals surface area contributed by atoms with Crippen LogP contribution < -0.4 is 0 Å². The predicted octanol–water partition coefficient (Wildman–Crippen LogP) is 0.955. The van der Waals surface area contributed by atoms with Gasteiger partial charge >= 0.3 is 0 Å². The molecular weight excluding hydrogens is 126 g/mol. The summed E-state index contributed by atoms with van der Waals surface area (Å²) in [5.74, 6) is 0.389. The van der Waals surface area contributed by atoms with Crippen LogP contribution in [0.15, 0.2) is 0 Å². The Bertz CT molecular complexity index is 83.3. The molecule has 2 heteroatoms. The quantitative estimate of drug-likeness (QED) is 0.637. The van der Waals surface area contributed by atoms with Gasteiger partial charge in [0.05, 0.1) is 0 Å². The zero-order valence-corrected chi connectivity index (χ0v) is 7.46. The lowest BCUT2D eigenvalue weighted by Crippen LogP contribution is -2.34. The molecule has 0 radical (unpaired) electrons. The summed E-state index contributed by atoms with van der Waals surface area (Å²) in [7, 11) is 4.11. The highest BCUT2D eigenvalue weighted by molar-refractivity contribution is 4.69. The molecular formula is C8H19NO. The number of hydrogen-bond acceptors (Lipinski definition) is 2. The topological polar surface area (TPSA) is 23.5 Å². The Hall–Kier alpha value is -0.0800. The van der Waals surface area contributed by atoms with E-state index in [9.17, 15) is 0 Å². The van der Waals surface area contributed by atoms with Gasteiger partial charge in [-0.2, -0.15) is 0 Å². The molecule has 0 heterocycles. The van der Waals surface area contributed by atoms with Crippen LogP contribution in [-0.2, 0) is 0 Å². The Morgan fingerprint density at radius 1 is 1.40 bits per heavy atom. The number of aliphatic hydroxyl groups excluding tert-OH is 1. The van der Waals surface area contributed by atoms with Gasteiger partial charge in [0.25, 0.3) is 0 Å². The molecule has 2 atom stereocenters. The summed E-state index contributed by atoms with van der Waals surface area (Å²) >= 11 is 0. The van der Waals surface area contributed by atoms with Gasteiger partial charge in [-0.05, 0) is 26.4 Å². The second-order valence-electron chi connectivity index (χ2n) is 3.10. The van der Waals surface area contributed by atoms with Crippen LogP contribution in [0.3, 0.4) is 0 Å². The fraction of sp³-hybridized carbons (Fsp3) is 1.00. The summed E-state index contributed by atoms with van der Waals surface area (Å²) in [4.78, 5) is 2.17. The van der Waals surface area contributed by atoms with Crippen molar-refractivity contribution < 1.29 is 5.11 Å². The van der Waals surface area contributed by atoms with Gasteiger partial charge < -0.3 is 10.0 Å². The second kappa shape index (κ2) is 4.69. The molecule has 0 fully saturated rings. The Morgan fingerprint density at radius 2 is 1.90 bits per heavy atom. The molecule has 2 unspecified atom stereocenters. The summed E-state index contributed by atoms with van der Waals surface area (Å²) in [6.45, 7) is 4.52. The van der Waals surface area contributed by atoms with Crippen LogP contribution in [-0.4, -0.2) is 36.8 Å². The minimum Gasteiger partial charge on any atom is -0.396 e. The molecule has 0 spiro atoms. The third-order valence-electron chi connectivity index (χ3n) is 2.03. The van der Waals surface area contributed by atoms with Gasteiger partial charge in [-0.1, -0.05) is 13.8 Å². The van der Waals surface area contributed by atoms with E-state index in [1.54, 1.807) is 0 Å². The number of rotatable bonds is 4. The molecule has 0 saturated heterocycles. The molecule has 0 bridgehead atoms. The van der Waals surface area contributed by atoms with Gasteiger partial charge in [-0.3, -0.25) is 0 Å². The van der Waals surface area contributed by atoms with Gasteiger partial charge in [-0.15, -0.1) is 0 Å². The van der Waals surface area contributed by atoms with E-state index in [1.165, 1.54) is 0 Å². The first-order valence-corrected chi connectivity index (χ1v) is 3.90. The molecule has 2 nitrogen and oxygen atoms in total. The van der Waals surface area contributed by atoms with Crippen LogP contribution in [0, 0.1) is 5.92 Å². The van der Waals surface area contributed by atoms with Crippen molar-refractivity contribution >= 4 is 0 Å². The number of aliphatic hydroxyl groups is 1. The fourth-order valence-electron chi connectivity index (χ4n) is 1.40. The van der Waals surface area contributed by atoms with E-state index in [1.807, 2.05) is 0 Å². The Kier molecular flexibility index (Phi) is 4.65. The smallest absolute Gasteiger partial charge is 0.0471 e. The lowest BCUT2D eigenvalue weighted by Gasteiger charge is -2.27. The minimum atomic E-state index is 0.288. The lowest BCUT2D eigenvalue weighted by atomic mass is 10.00. The minimum absolute atomic E-state index is 0.288. The van der Waals surface area contributed by atoms with E-state index in [2.05, 4.69) is 32.8 Å². The first kappa shape index (κ1) is 9.92. The van der Waals surface area contributed by atoms with Crippen LogP contribution in [0.2, 0.25) is 0 Å². The van der Waals surface area contributed by atoms with E-state index in [0.29, 0.717) is 12.0 Å². The van der Waals surface area contributed by atoms with Crippen molar-refractivity contribution in [2.24, 2.45) is 5.92 Å². The van der Waals surface area contributed by atoms with Gasteiger partial charge in [0.15, 0.2) is 0 Å². The summed E-state index contributed by atoms with van der Waals surface area (Å²) in [6.07, 6.45) is 1.11. The van der Waals surface area contributed by atoms with Crippen LogP contribution in [0.1, 0.15) is 20.3 Å². The van der Waals surface area contributed by atoms with E-state index in [-0.39, 0.29) is 6.61 Å².